The van der Waals surface area contributed by atoms with Crippen molar-refractivity contribution in [1.82, 2.24) is 4.90 Å². The van der Waals surface area contributed by atoms with E-state index >= 15 is 0 Å². The summed E-state index contributed by atoms with van der Waals surface area (Å²) in [5.74, 6) is -4.20. The highest BCUT2D eigenvalue weighted by Gasteiger charge is 2.80. The largest absolute Gasteiger partial charge is 0.481 e. The molecule has 202 valence electrons. The van der Waals surface area contributed by atoms with Gasteiger partial charge in [-0.2, -0.15) is 0 Å². The maximum Gasteiger partial charge on any atom is 0.310 e. The number of carboxylic acid groups (broad SMARTS) is 1. The number of aliphatic carboxylic acids is 1. The van der Waals surface area contributed by atoms with Gasteiger partial charge in [-0.25, -0.2) is 0 Å². The minimum Gasteiger partial charge on any atom is -0.481 e. The summed E-state index contributed by atoms with van der Waals surface area (Å²) in [6.07, 6.45) is 2.72. The average molecular weight is 513 g/mol. The van der Waals surface area contributed by atoms with Crippen molar-refractivity contribution in [3.05, 3.63) is 42.0 Å². The Morgan fingerprint density at radius 3 is 2.59 bits per heavy atom. The third-order valence-corrected chi connectivity index (χ3v) is 9.33. The second kappa shape index (κ2) is 9.55. The molecule has 3 fully saturated rings. The summed E-state index contributed by atoms with van der Waals surface area (Å²) in [7, 11) is 0. The predicted octanol–water partition coefficient (Wildman–Crippen LogP) is 3.32. The number of carbonyl (C=O) groups is 3. The first-order chi connectivity index (χ1) is 17.4. The van der Waals surface area contributed by atoms with E-state index in [1.165, 1.54) is 4.90 Å². The minimum absolute atomic E-state index is 0.110. The lowest BCUT2D eigenvalue weighted by Gasteiger charge is -2.41. The fraction of sp³-hybridized carbons (Fsp3) is 0.621. The predicted molar refractivity (Wildman–Crippen MR) is 140 cm³/mol. The van der Waals surface area contributed by atoms with E-state index in [0.717, 1.165) is 11.1 Å². The van der Waals surface area contributed by atoms with Crippen molar-refractivity contribution in [1.29, 1.82) is 0 Å². The number of likely N-dealkylation sites (tertiary alicyclic amines) is 1. The zero-order chi connectivity index (χ0) is 27.4. The molecule has 8 heteroatoms. The summed E-state index contributed by atoms with van der Waals surface area (Å²) in [6.45, 7) is 15.2. The second-order valence-corrected chi connectivity index (χ2v) is 11.5. The summed E-state index contributed by atoms with van der Waals surface area (Å²) in [5, 5.41) is 20.7. The van der Waals surface area contributed by atoms with E-state index in [0.29, 0.717) is 18.5 Å². The van der Waals surface area contributed by atoms with E-state index in [1.807, 2.05) is 52.8 Å². The lowest BCUT2D eigenvalue weighted by atomic mass is 9.62. The van der Waals surface area contributed by atoms with Crippen molar-refractivity contribution in [3.8, 4) is 0 Å². The Morgan fingerprint density at radius 1 is 1.35 bits per heavy atom. The highest BCUT2D eigenvalue weighted by molar-refractivity contribution is 6.05. The van der Waals surface area contributed by atoms with Crippen LogP contribution in [0.5, 0.6) is 0 Å². The molecule has 3 aliphatic heterocycles. The van der Waals surface area contributed by atoms with Gasteiger partial charge in [0.25, 0.3) is 5.91 Å². The van der Waals surface area contributed by atoms with Crippen molar-refractivity contribution >= 4 is 23.5 Å². The Kier molecular flexibility index (Phi) is 7.05. The van der Waals surface area contributed by atoms with Crippen LogP contribution in [0.15, 0.2) is 30.9 Å². The standard InChI is InChI=1S/C29H40N2O6/c1-8-12-30(20-13-16(3)10-11-18(20)5)26(34)24-29-14-19(6)28(7,37-29)23(27(35)36)22(29)25(33)31(24)21(15-32)17(4)9-2/h8,10-11,13,17,19,21-24,32H,1,9,12,14-15H2,2-7H3,(H,35,36)/t17-,19?,21-,22-,23-,24?,28+,29?/m0/s1. The van der Waals surface area contributed by atoms with Gasteiger partial charge in [0.05, 0.1) is 24.2 Å². The van der Waals surface area contributed by atoms with Crippen LogP contribution in [0.25, 0.3) is 0 Å². The van der Waals surface area contributed by atoms with Crippen LogP contribution in [0.4, 0.5) is 5.69 Å². The summed E-state index contributed by atoms with van der Waals surface area (Å²) in [5.41, 5.74) is 0.235. The third kappa shape index (κ3) is 3.83. The molecule has 0 radical (unpaired) electrons. The van der Waals surface area contributed by atoms with Crippen LogP contribution < -0.4 is 4.90 Å². The lowest BCUT2D eigenvalue weighted by molar-refractivity contribution is -0.158. The normalized spacial score (nSPS) is 33.8. The van der Waals surface area contributed by atoms with Gasteiger partial charge >= 0.3 is 5.97 Å². The van der Waals surface area contributed by atoms with Gasteiger partial charge in [0, 0.05) is 12.2 Å². The Bertz CT molecular complexity index is 1120. The van der Waals surface area contributed by atoms with Gasteiger partial charge in [0.1, 0.15) is 17.6 Å². The number of aliphatic hydroxyl groups excluding tert-OH is 1. The number of carbonyl (C=O) groups excluding carboxylic acids is 2. The molecule has 37 heavy (non-hydrogen) atoms. The van der Waals surface area contributed by atoms with Crippen molar-refractivity contribution in [3.63, 3.8) is 0 Å². The Labute approximate surface area is 219 Å². The van der Waals surface area contributed by atoms with Crippen molar-refractivity contribution < 1.29 is 29.3 Å². The molecule has 3 unspecified atom stereocenters. The molecule has 4 rings (SSSR count). The smallest absolute Gasteiger partial charge is 0.310 e. The molecular weight excluding hydrogens is 472 g/mol. The van der Waals surface area contributed by atoms with E-state index in [4.69, 9.17) is 4.74 Å². The Morgan fingerprint density at radius 2 is 2.03 bits per heavy atom. The maximum absolute atomic E-state index is 14.7. The molecular formula is C29H40N2O6. The fourth-order valence-corrected chi connectivity index (χ4v) is 7.10. The molecule has 1 spiro atoms. The zero-order valence-electron chi connectivity index (χ0n) is 22.7. The molecule has 3 heterocycles. The molecule has 0 saturated carbocycles. The van der Waals surface area contributed by atoms with Crippen LogP contribution in [0, 0.1) is 37.5 Å². The number of benzene rings is 1. The van der Waals surface area contributed by atoms with Gasteiger partial charge in [-0.3, -0.25) is 14.4 Å². The maximum atomic E-state index is 14.7. The van der Waals surface area contributed by atoms with Gasteiger partial charge in [0.15, 0.2) is 0 Å². The first-order valence-electron chi connectivity index (χ1n) is 13.2. The Balaban J connectivity index is 1.93. The van der Waals surface area contributed by atoms with Crippen LogP contribution in [-0.2, 0) is 19.1 Å². The van der Waals surface area contributed by atoms with Crippen molar-refractivity contribution in [2.75, 3.05) is 18.1 Å². The van der Waals surface area contributed by atoms with Gasteiger partial charge in [0.2, 0.25) is 5.91 Å². The number of ether oxygens (including phenoxy) is 1. The number of hydrogen-bond donors (Lipinski definition) is 2. The minimum atomic E-state index is -1.29. The molecule has 3 saturated heterocycles. The summed E-state index contributed by atoms with van der Waals surface area (Å²) < 4.78 is 6.62. The van der Waals surface area contributed by atoms with Crippen LogP contribution in [0.2, 0.25) is 0 Å². The lowest BCUT2D eigenvalue weighted by Crippen LogP contribution is -2.60. The molecule has 2 bridgehead atoms. The molecule has 8 atom stereocenters. The topological polar surface area (TPSA) is 107 Å². The van der Waals surface area contributed by atoms with E-state index < -0.39 is 47.0 Å². The quantitative estimate of drug-likeness (QED) is 0.492. The first-order valence-corrected chi connectivity index (χ1v) is 13.2. The number of carboxylic acids is 1. The Hall–Kier alpha value is -2.71. The van der Waals surface area contributed by atoms with Crippen molar-refractivity contribution in [2.45, 2.75) is 77.7 Å². The number of rotatable bonds is 9. The number of amides is 2. The number of aliphatic hydroxyl groups is 1. The van der Waals surface area contributed by atoms with Gasteiger partial charge in [-0.15, -0.1) is 6.58 Å². The second-order valence-electron chi connectivity index (χ2n) is 11.5. The van der Waals surface area contributed by atoms with E-state index in [2.05, 4.69) is 6.58 Å². The van der Waals surface area contributed by atoms with Gasteiger partial charge in [-0.1, -0.05) is 45.4 Å². The highest BCUT2D eigenvalue weighted by atomic mass is 16.5. The molecule has 2 amide bonds. The number of anilines is 1. The number of aryl methyl sites for hydroxylation is 2. The first kappa shape index (κ1) is 27.3. The summed E-state index contributed by atoms with van der Waals surface area (Å²) >= 11 is 0. The SMILES string of the molecule is C=CCN(C(=O)C1N([C@@H](CO)[C@@H](C)CC)C(=O)[C@@H]2[C@@H](C(=O)O)[C@]3(C)OC12CC3C)c1cc(C)ccc1C. The number of hydrogen-bond acceptors (Lipinski definition) is 5. The van der Waals surface area contributed by atoms with Crippen LogP contribution >= 0.6 is 0 Å². The molecule has 1 aromatic rings. The fourth-order valence-electron chi connectivity index (χ4n) is 7.10. The molecule has 3 aliphatic rings. The third-order valence-electron chi connectivity index (χ3n) is 9.33. The summed E-state index contributed by atoms with van der Waals surface area (Å²) in [6, 6.07) is 4.15. The number of nitrogens with zero attached hydrogens (tertiary/aromatic N) is 2. The molecule has 8 nitrogen and oxygen atoms in total. The van der Waals surface area contributed by atoms with E-state index in [1.54, 1.807) is 17.9 Å². The van der Waals surface area contributed by atoms with Crippen molar-refractivity contribution in [2.24, 2.45) is 23.7 Å². The average Bonchev–Trinajstić information content (AvgIpc) is 3.36. The molecule has 0 aromatic heterocycles. The monoisotopic (exact) mass is 512 g/mol. The molecule has 0 aliphatic carbocycles. The molecule has 1 aromatic carbocycles. The van der Waals surface area contributed by atoms with Gasteiger partial charge < -0.3 is 24.7 Å². The summed E-state index contributed by atoms with van der Waals surface area (Å²) in [4.78, 5) is 44.5. The molecule has 2 N–H and O–H groups in total. The van der Waals surface area contributed by atoms with E-state index in [9.17, 15) is 24.6 Å². The zero-order valence-corrected chi connectivity index (χ0v) is 22.7. The highest BCUT2D eigenvalue weighted by Crippen LogP contribution is 2.65. The number of fused-ring (bicyclic) bond motifs is 1. The van der Waals surface area contributed by atoms with Crippen LogP contribution in [0.1, 0.15) is 51.7 Å². The van der Waals surface area contributed by atoms with Gasteiger partial charge in [-0.05, 0) is 56.2 Å². The van der Waals surface area contributed by atoms with Crippen LogP contribution in [-0.4, -0.2) is 69.3 Å². The van der Waals surface area contributed by atoms with Crippen LogP contribution in [0.3, 0.4) is 0 Å². The van der Waals surface area contributed by atoms with E-state index in [-0.39, 0.29) is 30.9 Å².